The Morgan fingerprint density at radius 1 is 1.16 bits per heavy atom. The minimum absolute atomic E-state index is 0.00867. The molecule has 0 saturated heterocycles. The molecule has 0 aliphatic heterocycles. The second kappa shape index (κ2) is 8.71. The molecule has 3 fully saturated rings. The van der Waals surface area contributed by atoms with Gasteiger partial charge in [-0.2, -0.15) is 0 Å². The molecule has 0 heterocycles. The number of fused-ring (bicyclic) bond motifs is 5. The van der Waals surface area contributed by atoms with Crippen LogP contribution in [0.2, 0.25) is 0 Å². The van der Waals surface area contributed by atoms with Crippen LogP contribution >= 0.6 is 0 Å². The van der Waals surface area contributed by atoms with Crippen LogP contribution in [0.25, 0.3) is 0 Å². The van der Waals surface area contributed by atoms with Crippen LogP contribution in [-0.4, -0.2) is 30.4 Å². The molecule has 0 amide bonds. The minimum Gasteiger partial charge on any atom is -0.459 e. The number of rotatable bonds is 5. The van der Waals surface area contributed by atoms with E-state index >= 15 is 0 Å². The maximum atomic E-state index is 12.6. The van der Waals surface area contributed by atoms with E-state index in [0.29, 0.717) is 41.8 Å². The first-order valence-corrected chi connectivity index (χ1v) is 12.3. The highest BCUT2D eigenvalue weighted by Crippen LogP contribution is 2.64. The van der Waals surface area contributed by atoms with Gasteiger partial charge in [0.15, 0.2) is 12.4 Å². The number of esters is 2. The lowest BCUT2D eigenvalue weighted by Gasteiger charge is -2.53. The van der Waals surface area contributed by atoms with Gasteiger partial charge in [0.25, 0.3) is 0 Å². The van der Waals surface area contributed by atoms with E-state index in [1.165, 1.54) is 5.57 Å². The van der Waals surface area contributed by atoms with Crippen LogP contribution in [0.3, 0.4) is 0 Å². The highest BCUT2D eigenvalue weighted by molar-refractivity contribution is 5.91. The van der Waals surface area contributed by atoms with Crippen molar-refractivity contribution in [1.29, 1.82) is 0 Å². The summed E-state index contributed by atoms with van der Waals surface area (Å²) in [5, 5.41) is 0. The van der Waals surface area contributed by atoms with Crippen molar-refractivity contribution in [2.45, 2.75) is 85.2 Å². The first kappa shape index (κ1) is 22.5. The van der Waals surface area contributed by atoms with E-state index in [9.17, 15) is 14.4 Å². The van der Waals surface area contributed by atoms with Gasteiger partial charge in [0.2, 0.25) is 0 Å². The highest BCUT2D eigenvalue weighted by Gasteiger charge is 2.60. The van der Waals surface area contributed by atoms with E-state index in [1.54, 1.807) is 13.8 Å². The molecule has 0 N–H and O–H groups in total. The summed E-state index contributed by atoms with van der Waals surface area (Å²) in [5.74, 6) is 2.12. The van der Waals surface area contributed by atoms with Crippen molar-refractivity contribution >= 4 is 17.7 Å². The zero-order valence-corrected chi connectivity index (χ0v) is 19.5. The van der Waals surface area contributed by atoms with E-state index in [0.717, 1.165) is 44.9 Å². The third-order valence-corrected chi connectivity index (χ3v) is 8.96. The Bertz CT molecular complexity index is 768. The standard InChI is InChI=1S/C26H38O5/c1-5-16-13-22-21-8-6-17-12-18(27)7-9-19(17)20(21)10-11-26(22,4)24(16)31-23(28)14-30-25(29)15(2)3/h12,15-16,19-22,24H,5-11,13-14H2,1-4H3/t16-,19-,20+,21+,22-,24-,26-/m0/s1. The molecule has 7 atom stereocenters. The normalized spacial score (nSPS) is 39.3. The van der Waals surface area contributed by atoms with Gasteiger partial charge in [-0.25, -0.2) is 4.79 Å². The van der Waals surface area contributed by atoms with Crippen LogP contribution in [0.4, 0.5) is 0 Å². The van der Waals surface area contributed by atoms with Crippen molar-refractivity contribution in [3.05, 3.63) is 11.6 Å². The number of ketones is 1. The first-order chi connectivity index (χ1) is 14.7. The molecule has 172 valence electrons. The summed E-state index contributed by atoms with van der Waals surface area (Å²) >= 11 is 0. The van der Waals surface area contributed by atoms with Crippen molar-refractivity contribution in [1.82, 2.24) is 0 Å². The van der Waals surface area contributed by atoms with E-state index in [2.05, 4.69) is 13.8 Å². The van der Waals surface area contributed by atoms with Gasteiger partial charge >= 0.3 is 11.9 Å². The third-order valence-electron chi connectivity index (χ3n) is 8.96. The van der Waals surface area contributed by atoms with Crippen LogP contribution < -0.4 is 0 Å². The van der Waals surface area contributed by atoms with Crippen LogP contribution in [-0.2, 0) is 23.9 Å². The molecule has 4 aliphatic rings. The number of hydrogen-bond acceptors (Lipinski definition) is 5. The Labute approximate surface area is 186 Å². The average Bonchev–Trinajstić information content (AvgIpc) is 3.03. The lowest BCUT2D eigenvalue weighted by Crippen LogP contribution is -2.49. The zero-order valence-electron chi connectivity index (χ0n) is 19.5. The third kappa shape index (κ3) is 4.09. The Kier molecular flexibility index (Phi) is 6.33. The summed E-state index contributed by atoms with van der Waals surface area (Å²) in [7, 11) is 0. The predicted octanol–water partition coefficient (Wildman–Crippen LogP) is 4.88. The van der Waals surface area contributed by atoms with Crippen molar-refractivity contribution in [2.75, 3.05) is 6.61 Å². The Hall–Kier alpha value is -1.65. The minimum atomic E-state index is -0.416. The molecule has 3 saturated carbocycles. The molecule has 5 heteroatoms. The fraction of sp³-hybridized carbons (Fsp3) is 0.808. The van der Waals surface area contributed by atoms with Gasteiger partial charge in [0, 0.05) is 11.8 Å². The molecule has 0 spiro atoms. The molecule has 0 aromatic carbocycles. The number of ether oxygens (including phenoxy) is 2. The molecule has 5 nitrogen and oxygen atoms in total. The van der Waals surface area contributed by atoms with Gasteiger partial charge in [-0.1, -0.05) is 33.3 Å². The second-order valence-electron chi connectivity index (χ2n) is 10.9. The van der Waals surface area contributed by atoms with Crippen LogP contribution in [0.5, 0.6) is 0 Å². The van der Waals surface area contributed by atoms with Crippen LogP contribution in [0.15, 0.2) is 11.6 Å². The monoisotopic (exact) mass is 430 g/mol. The average molecular weight is 431 g/mol. The number of carbonyl (C=O) groups is 3. The zero-order chi connectivity index (χ0) is 22.3. The van der Waals surface area contributed by atoms with Crippen LogP contribution in [0.1, 0.15) is 79.1 Å². The summed E-state index contributed by atoms with van der Waals surface area (Å²) in [4.78, 5) is 36.2. The van der Waals surface area contributed by atoms with E-state index in [4.69, 9.17) is 9.47 Å². The molecular weight excluding hydrogens is 392 g/mol. The maximum Gasteiger partial charge on any atom is 0.344 e. The first-order valence-electron chi connectivity index (χ1n) is 12.3. The van der Waals surface area contributed by atoms with Gasteiger partial charge in [0.05, 0.1) is 5.92 Å². The van der Waals surface area contributed by atoms with E-state index < -0.39 is 5.97 Å². The van der Waals surface area contributed by atoms with E-state index in [1.807, 2.05) is 6.08 Å². The van der Waals surface area contributed by atoms with Crippen molar-refractivity contribution in [2.24, 2.45) is 40.9 Å². The molecule has 0 unspecified atom stereocenters. The molecule has 0 radical (unpaired) electrons. The van der Waals surface area contributed by atoms with Crippen molar-refractivity contribution in [3.8, 4) is 0 Å². The molecule has 0 bridgehead atoms. The predicted molar refractivity (Wildman–Crippen MR) is 117 cm³/mol. The summed E-state index contributed by atoms with van der Waals surface area (Å²) in [6.07, 6.45) is 10.1. The fourth-order valence-electron chi connectivity index (χ4n) is 7.40. The molecule has 31 heavy (non-hydrogen) atoms. The number of hydrogen-bond donors (Lipinski definition) is 0. The largest absolute Gasteiger partial charge is 0.459 e. The maximum absolute atomic E-state index is 12.6. The van der Waals surface area contributed by atoms with E-state index in [-0.39, 0.29) is 30.0 Å². The van der Waals surface area contributed by atoms with Gasteiger partial charge in [-0.05, 0) is 80.6 Å². The van der Waals surface area contributed by atoms with Gasteiger partial charge in [-0.3, -0.25) is 9.59 Å². The SMILES string of the molecule is CC[C@H]1C[C@H]2[C@@H]3CCC4=CC(=O)CC[C@@H]4[C@H]3CC[C@]2(C)[C@H]1OC(=O)COC(=O)C(C)C. The lowest BCUT2D eigenvalue weighted by atomic mass is 9.52. The molecular formula is C26H38O5. The summed E-state index contributed by atoms with van der Waals surface area (Å²) < 4.78 is 11.2. The summed E-state index contributed by atoms with van der Waals surface area (Å²) in [6, 6.07) is 0. The Morgan fingerprint density at radius 3 is 2.65 bits per heavy atom. The fourth-order valence-corrected chi connectivity index (χ4v) is 7.40. The Balaban J connectivity index is 1.48. The Morgan fingerprint density at radius 2 is 1.94 bits per heavy atom. The van der Waals surface area contributed by atoms with Gasteiger partial charge in [-0.15, -0.1) is 0 Å². The number of allylic oxidation sites excluding steroid dienone is 1. The lowest BCUT2D eigenvalue weighted by molar-refractivity contribution is -0.172. The molecule has 4 aliphatic carbocycles. The molecule has 0 aromatic heterocycles. The van der Waals surface area contributed by atoms with Crippen molar-refractivity contribution < 1.29 is 23.9 Å². The van der Waals surface area contributed by atoms with Gasteiger partial charge < -0.3 is 9.47 Å². The van der Waals surface area contributed by atoms with Crippen molar-refractivity contribution in [3.63, 3.8) is 0 Å². The number of carbonyl (C=O) groups excluding carboxylic acids is 3. The summed E-state index contributed by atoms with van der Waals surface area (Å²) in [6.45, 7) is 7.75. The van der Waals surface area contributed by atoms with Gasteiger partial charge in [0.1, 0.15) is 6.10 Å². The second-order valence-corrected chi connectivity index (χ2v) is 10.9. The molecule has 4 rings (SSSR count). The summed E-state index contributed by atoms with van der Waals surface area (Å²) in [5.41, 5.74) is 1.40. The molecule has 0 aromatic rings. The highest BCUT2D eigenvalue weighted by atomic mass is 16.6. The smallest absolute Gasteiger partial charge is 0.344 e. The quantitative estimate of drug-likeness (QED) is 0.582. The topological polar surface area (TPSA) is 69.7 Å². The van der Waals surface area contributed by atoms with Crippen LogP contribution in [0, 0.1) is 40.9 Å².